The van der Waals surface area contributed by atoms with Gasteiger partial charge in [-0.05, 0) is 37.0 Å². The Balaban J connectivity index is 4.31. The largest absolute Gasteiger partial charge is 0.462 e. The van der Waals surface area contributed by atoms with Crippen LogP contribution in [-0.2, 0) is 28.6 Å². The topological polar surface area (TPSA) is 78.9 Å². The van der Waals surface area contributed by atoms with Crippen molar-refractivity contribution in [2.24, 2.45) is 17.8 Å². The van der Waals surface area contributed by atoms with E-state index in [1.165, 1.54) is 199 Å². The molecular formula is C58H112O6. The third kappa shape index (κ3) is 49.8. The molecule has 0 aromatic rings. The molecule has 0 saturated heterocycles. The Morgan fingerprint density at radius 1 is 0.312 bits per heavy atom. The van der Waals surface area contributed by atoms with Crippen LogP contribution in [0.3, 0.4) is 0 Å². The van der Waals surface area contributed by atoms with E-state index in [4.69, 9.17) is 14.2 Å². The fourth-order valence-corrected chi connectivity index (χ4v) is 8.79. The molecule has 0 aliphatic heterocycles. The fraction of sp³-hybridized carbons (Fsp3) is 0.948. The highest BCUT2D eigenvalue weighted by molar-refractivity contribution is 5.71. The van der Waals surface area contributed by atoms with E-state index in [1.807, 2.05) is 0 Å². The van der Waals surface area contributed by atoms with Crippen molar-refractivity contribution in [2.45, 2.75) is 324 Å². The molecule has 0 N–H and O–H groups in total. The van der Waals surface area contributed by atoms with Crippen molar-refractivity contribution in [1.82, 2.24) is 0 Å². The van der Waals surface area contributed by atoms with Crippen LogP contribution in [0.25, 0.3) is 0 Å². The standard InChI is InChI=1S/C58H112O6/c1-7-54(6)46-40-34-28-22-18-19-24-30-36-42-48-57(60)63-51-55(50-62-56(59)47-41-35-29-23-17-13-15-21-27-33-39-45-53(4)5)64-58(61)49-43-37-31-25-16-12-10-8-9-11-14-20-26-32-38-44-52(2)3/h52-55H,7-51H2,1-6H3/t54?,55-/m0/s1. The molecule has 0 aromatic carbocycles. The molecule has 0 bridgehead atoms. The minimum Gasteiger partial charge on any atom is -0.462 e. The first-order valence-electron chi connectivity index (χ1n) is 28.6. The average molecular weight is 906 g/mol. The molecule has 0 fully saturated rings. The molecule has 0 radical (unpaired) electrons. The molecule has 6 nitrogen and oxygen atoms in total. The Bertz CT molecular complexity index is 993. The number of carbonyl (C=O) groups is 3. The Kier molecular flexibility index (Phi) is 48.1. The van der Waals surface area contributed by atoms with Gasteiger partial charge in [0.25, 0.3) is 0 Å². The monoisotopic (exact) mass is 905 g/mol. The van der Waals surface area contributed by atoms with Crippen LogP contribution in [0.5, 0.6) is 0 Å². The first kappa shape index (κ1) is 62.4. The summed E-state index contributed by atoms with van der Waals surface area (Å²) in [7, 11) is 0. The third-order valence-electron chi connectivity index (χ3n) is 13.5. The van der Waals surface area contributed by atoms with E-state index in [2.05, 4.69) is 41.5 Å². The zero-order valence-electron chi connectivity index (χ0n) is 44.1. The van der Waals surface area contributed by atoms with Gasteiger partial charge in [-0.3, -0.25) is 14.4 Å². The molecule has 380 valence electrons. The van der Waals surface area contributed by atoms with Crippen LogP contribution in [0.1, 0.15) is 318 Å². The molecule has 0 heterocycles. The maximum absolute atomic E-state index is 12.9. The maximum atomic E-state index is 12.9. The lowest BCUT2D eigenvalue weighted by Crippen LogP contribution is -2.30. The van der Waals surface area contributed by atoms with Crippen LogP contribution in [0.4, 0.5) is 0 Å². The molecule has 0 saturated carbocycles. The molecule has 0 aliphatic carbocycles. The summed E-state index contributed by atoms with van der Waals surface area (Å²) >= 11 is 0. The second-order valence-corrected chi connectivity index (χ2v) is 21.1. The zero-order chi connectivity index (χ0) is 47.0. The minimum absolute atomic E-state index is 0.0639. The summed E-state index contributed by atoms with van der Waals surface area (Å²) in [4.78, 5) is 38.1. The van der Waals surface area contributed by atoms with Crippen molar-refractivity contribution in [3.05, 3.63) is 0 Å². The van der Waals surface area contributed by atoms with Gasteiger partial charge in [0.1, 0.15) is 13.2 Å². The van der Waals surface area contributed by atoms with E-state index in [-0.39, 0.29) is 31.1 Å². The summed E-state index contributed by atoms with van der Waals surface area (Å²) in [6, 6.07) is 0. The first-order valence-corrected chi connectivity index (χ1v) is 28.6. The fourth-order valence-electron chi connectivity index (χ4n) is 8.79. The minimum atomic E-state index is -0.764. The van der Waals surface area contributed by atoms with Crippen LogP contribution >= 0.6 is 0 Å². The van der Waals surface area contributed by atoms with Crippen molar-refractivity contribution in [2.75, 3.05) is 13.2 Å². The summed E-state index contributed by atoms with van der Waals surface area (Å²) in [5.41, 5.74) is 0. The van der Waals surface area contributed by atoms with E-state index >= 15 is 0 Å². The second kappa shape index (κ2) is 49.3. The predicted molar refractivity (Wildman–Crippen MR) is 275 cm³/mol. The quantitative estimate of drug-likeness (QED) is 0.0344. The maximum Gasteiger partial charge on any atom is 0.306 e. The van der Waals surface area contributed by atoms with Gasteiger partial charge in [0.15, 0.2) is 6.10 Å². The highest BCUT2D eigenvalue weighted by atomic mass is 16.6. The van der Waals surface area contributed by atoms with Crippen molar-refractivity contribution >= 4 is 17.9 Å². The predicted octanol–water partition coefficient (Wildman–Crippen LogP) is 18.7. The lowest BCUT2D eigenvalue weighted by Gasteiger charge is -2.18. The molecule has 0 amide bonds. The average Bonchev–Trinajstić information content (AvgIpc) is 3.27. The van der Waals surface area contributed by atoms with Gasteiger partial charge in [-0.25, -0.2) is 0 Å². The summed E-state index contributed by atoms with van der Waals surface area (Å²) in [6.45, 7) is 13.8. The number of hydrogen-bond acceptors (Lipinski definition) is 6. The molecule has 0 aromatic heterocycles. The van der Waals surface area contributed by atoms with Gasteiger partial charge in [0.2, 0.25) is 0 Å². The van der Waals surface area contributed by atoms with Crippen molar-refractivity contribution in [3.63, 3.8) is 0 Å². The van der Waals surface area contributed by atoms with Crippen LogP contribution in [0.2, 0.25) is 0 Å². The van der Waals surface area contributed by atoms with Gasteiger partial charge in [-0.2, -0.15) is 0 Å². The molecule has 1 unspecified atom stereocenters. The van der Waals surface area contributed by atoms with Crippen molar-refractivity contribution in [3.8, 4) is 0 Å². The Hall–Kier alpha value is -1.59. The molecule has 64 heavy (non-hydrogen) atoms. The van der Waals surface area contributed by atoms with E-state index in [0.29, 0.717) is 19.3 Å². The van der Waals surface area contributed by atoms with Crippen LogP contribution in [0, 0.1) is 17.8 Å². The molecule has 0 spiro atoms. The zero-order valence-corrected chi connectivity index (χ0v) is 44.1. The second-order valence-electron chi connectivity index (χ2n) is 21.1. The van der Waals surface area contributed by atoms with Gasteiger partial charge in [0, 0.05) is 19.3 Å². The summed E-state index contributed by atoms with van der Waals surface area (Å²) in [6.07, 6.45) is 50.8. The van der Waals surface area contributed by atoms with Crippen molar-refractivity contribution < 1.29 is 28.6 Å². The number of esters is 3. The Morgan fingerprint density at radius 2 is 0.547 bits per heavy atom. The van der Waals surface area contributed by atoms with E-state index in [1.54, 1.807) is 0 Å². The molecule has 0 aliphatic rings. The summed E-state index contributed by atoms with van der Waals surface area (Å²) < 4.78 is 16.9. The normalized spacial score (nSPS) is 12.6. The van der Waals surface area contributed by atoms with Crippen LogP contribution < -0.4 is 0 Å². The highest BCUT2D eigenvalue weighted by Crippen LogP contribution is 2.19. The lowest BCUT2D eigenvalue weighted by molar-refractivity contribution is -0.167. The molecule has 6 heteroatoms. The van der Waals surface area contributed by atoms with E-state index in [9.17, 15) is 14.4 Å². The van der Waals surface area contributed by atoms with E-state index in [0.717, 1.165) is 75.5 Å². The number of ether oxygens (including phenoxy) is 3. The molecule has 0 rings (SSSR count). The Labute approximate surface area is 399 Å². The van der Waals surface area contributed by atoms with Crippen LogP contribution in [0.15, 0.2) is 0 Å². The number of rotatable bonds is 51. The van der Waals surface area contributed by atoms with Gasteiger partial charge >= 0.3 is 17.9 Å². The van der Waals surface area contributed by atoms with Gasteiger partial charge < -0.3 is 14.2 Å². The SMILES string of the molecule is CCC(C)CCCCCCCCCCCCC(=O)OC[C@H](COC(=O)CCCCCCCCCCCCCC(C)C)OC(=O)CCCCCCCCCCCCCCCCCC(C)C. The number of unbranched alkanes of at least 4 members (excludes halogenated alkanes) is 33. The number of carbonyl (C=O) groups excluding carboxylic acids is 3. The lowest BCUT2D eigenvalue weighted by atomic mass is 9.99. The smallest absolute Gasteiger partial charge is 0.306 e. The van der Waals surface area contributed by atoms with E-state index < -0.39 is 6.10 Å². The Morgan fingerprint density at radius 3 is 0.812 bits per heavy atom. The first-order chi connectivity index (χ1) is 31.1. The molecule has 2 atom stereocenters. The summed E-state index contributed by atoms with van der Waals surface area (Å²) in [5, 5.41) is 0. The molecular weight excluding hydrogens is 793 g/mol. The van der Waals surface area contributed by atoms with Crippen molar-refractivity contribution in [1.29, 1.82) is 0 Å². The van der Waals surface area contributed by atoms with Crippen LogP contribution in [-0.4, -0.2) is 37.2 Å². The van der Waals surface area contributed by atoms with Gasteiger partial charge in [-0.15, -0.1) is 0 Å². The van der Waals surface area contributed by atoms with Gasteiger partial charge in [-0.1, -0.05) is 279 Å². The summed E-state index contributed by atoms with van der Waals surface area (Å²) in [5.74, 6) is 1.70. The van der Waals surface area contributed by atoms with Gasteiger partial charge in [0.05, 0.1) is 0 Å². The number of hydrogen-bond donors (Lipinski definition) is 0. The third-order valence-corrected chi connectivity index (χ3v) is 13.5. The highest BCUT2D eigenvalue weighted by Gasteiger charge is 2.19.